The summed E-state index contributed by atoms with van der Waals surface area (Å²) in [5.74, 6) is -0.0390. The molecule has 4 atom stereocenters. The molecule has 0 bridgehead atoms. The molecule has 0 aromatic carbocycles. The minimum Gasteiger partial charge on any atom is -0.374 e. The van der Waals surface area contributed by atoms with Gasteiger partial charge in [0, 0.05) is 5.88 Å². The Bertz CT molecular complexity index is 1100. The Morgan fingerprint density at radius 3 is 1.18 bits per heavy atom. The molecule has 1 aromatic heterocycles. The van der Waals surface area contributed by atoms with E-state index in [2.05, 4.69) is 15.0 Å². The maximum absolute atomic E-state index is 14.2. The molecule has 0 fully saturated rings. The van der Waals surface area contributed by atoms with Gasteiger partial charge in [0.2, 0.25) is 16.4 Å². The lowest BCUT2D eigenvalue weighted by Gasteiger charge is -2.25. The van der Waals surface area contributed by atoms with Crippen molar-refractivity contribution in [1.29, 1.82) is 0 Å². The maximum atomic E-state index is 14.2. The van der Waals surface area contributed by atoms with Crippen LogP contribution in [0.25, 0.3) is 0 Å². The number of alkyl halides is 4. The second-order valence-electron chi connectivity index (χ2n) is 12.7. The summed E-state index contributed by atoms with van der Waals surface area (Å²) < 4.78 is 67.6. The van der Waals surface area contributed by atoms with Crippen LogP contribution in [0.5, 0.6) is 0 Å². The Labute approximate surface area is 292 Å². The van der Waals surface area contributed by atoms with Gasteiger partial charge in [0.25, 0.3) is 0 Å². The van der Waals surface area contributed by atoms with Crippen LogP contribution in [0.4, 0.5) is 0 Å². The highest BCUT2D eigenvalue weighted by molar-refractivity contribution is 7.63. The minimum atomic E-state index is -4.46. The molecule has 1 aromatic rings. The number of nitrogens with zero attached hydrogens (tertiary/aromatic N) is 3. The first-order valence-corrected chi connectivity index (χ1v) is 19.4. The van der Waals surface area contributed by atoms with Crippen LogP contribution < -0.4 is 11.1 Å². The van der Waals surface area contributed by atoms with Crippen LogP contribution in [0.15, 0.2) is 0 Å². The summed E-state index contributed by atoms with van der Waals surface area (Å²) in [5, 5.41) is -2.70. The zero-order chi connectivity index (χ0) is 34.7. The summed E-state index contributed by atoms with van der Waals surface area (Å²) in [5.41, 5.74) is -2.56. The van der Waals surface area contributed by atoms with Crippen LogP contribution in [0.2, 0.25) is 5.28 Å². The quantitative estimate of drug-likeness (QED) is 0.102. The number of halogens is 5. The van der Waals surface area contributed by atoms with E-state index in [1.54, 1.807) is 0 Å². The topological polar surface area (TPSA) is 137 Å². The van der Waals surface area contributed by atoms with Crippen LogP contribution in [-0.2, 0) is 41.4 Å². The summed E-state index contributed by atoms with van der Waals surface area (Å²) in [6.07, 6.45) is 0. The molecule has 0 saturated heterocycles. The molecule has 0 amide bonds. The number of hydrogen-bond donors (Lipinski definition) is 0. The Morgan fingerprint density at radius 2 is 0.889 bits per heavy atom. The third-order valence-electron chi connectivity index (χ3n) is 4.78. The van der Waals surface area contributed by atoms with E-state index in [-0.39, 0.29) is 52.1 Å². The summed E-state index contributed by atoms with van der Waals surface area (Å²) in [7, 11) is -8.82. The summed E-state index contributed by atoms with van der Waals surface area (Å²) in [6, 6.07) is 0. The van der Waals surface area contributed by atoms with Gasteiger partial charge in [0.1, 0.15) is 0 Å². The second-order valence-corrected chi connectivity index (χ2v) is 19.1. The molecular weight excluding hydrogens is 738 g/mol. The van der Waals surface area contributed by atoms with Crippen LogP contribution in [0, 0.1) is 0 Å². The highest BCUT2D eigenvalue weighted by Crippen LogP contribution is 2.49. The zero-order valence-corrected chi connectivity index (χ0v) is 32.8. The third kappa shape index (κ3) is 18.8. The standard InChI is InChI=1S/C26H46Cl5N3O9P2/c1-24(2,3)37-12-18(28)15-41-44(35,40-11-10-27)22-32-21(31)33-23(34-22)45(36,42-16-19(29)13-38-25(4,5)6)43-17-20(30)14-39-26(7,8)9/h18-20H,10-17H2,1-9H3. The lowest BCUT2D eigenvalue weighted by Crippen LogP contribution is -2.33. The first-order valence-electron chi connectivity index (χ1n) is 14.1. The van der Waals surface area contributed by atoms with Gasteiger partial charge in [-0.1, -0.05) is 0 Å². The Morgan fingerprint density at radius 1 is 0.578 bits per heavy atom. The first kappa shape index (κ1) is 43.7. The van der Waals surface area contributed by atoms with Crippen molar-refractivity contribution in [3.63, 3.8) is 0 Å². The molecule has 0 aliphatic heterocycles. The Hall–Kier alpha value is 0.640. The summed E-state index contributed by atoms with van der Waals surface area (Å²) in [6.45, 7) is 15.8. The van der Waals surface area contributed by atoms with Crippen molar-refractivity contribution in [2.75, 3.05) is 52.1 Å². The molecule has 0 spiro atoms. The van der Waals surface area contributed by atoms with Crippen molar-refractivity contribution >= 4 is 84.3 Å². The number of ether oxygens (including phenoxy) is 3. The average Bonchev–Trinajstić information content (AvgIpc) is 2.92. The van der Waals surface area contributed by atoms with Gasteiger partial charge in [0.15, 0.2) is 0 Å². The predicted octanol–water partition coefficient (Wildman–Crippen LogP) is 6.73. The molecule has 45 heavy (non-hydrogen) atoms. The maximum Gasteiger partial charge on any atom is 0.398 e. The Balaban J connectivity index is 3.37. The first-order chi connectivity index (χ1) is 20.5. The van der Waals surface area contributed by atoms with Crippen molar-refractivity contribution in [3.05, 3.63) is 5.28 Å². The van der Waals surface area contributed by atoms with Crippen molar-refractivity contribution in [1.82, 2.24) is 15.0 Å². The van der Waals surface area contributed by atoms with Gasteiger partial charge in [-0.05, 0) is 73.9 Å². The molecule has 264 valence electrons. The van der Waals surface area contributed by atoms with Crippen LogP contribution >= 0.6 is 73.2 Å². The van der Waals surface area contributed by atoms with Gasteiger partial charge in [-0.3, -0.25) is 9.13 Å². The van der Waals surface area contributed by atoms with E-state index in [0.717, 1.165) is 0 Å². The molecule has 0 aliphatic rings. The fourth-order valence-electron chi connectivity index (χ4n) is 2.74. The average molecular weight is 784 g/mol. The predicted molar refractivity (Wildman–Crippen MR) is 180 cm³/mol. The van der Waals surface area contributed by atoms with E-state index < -0.39 is 64.5 Å². The number of hydrogen-bond acceptors (Lipinski definition) is 12. The van der Waals surface area contributed by atoms with Crippen molar-refractivity contribution in [2.45, 2.75) is 95.2 Å². The molecule has 0 N–H and O–H groups in total. The highest BCUT2D eigenvalue weighted by atomic mass is 35.5. The van der Waals surface area contributed by atoms with Gasteiger partial charge in [0.05, 0.1) is 79.2 Å². The van der Waals surface area contributed by atoms with E-state index in [1.807, 2.05) is 62.3 Å². The largest absolute Gasteiger partial charge is 0.398 e. The molecular formula is C26H46Cl5N3O9P2. The van der Waals surface area contributed by atoms with Crippen molar-refractivity contribution < 1.29 is 41.4 Å². The number of rotatable bonds is 20. The summed E-state index contributed by atoms with van der Waals surface area (Å²) in [4.78, 5) is 12.0. The van der Waals surface area contributed by atoms with Gasteiger partial charge in [-0.15, -0.1) is 46.4 Å². The fraction of sp³-hybridized carbons (Fsp3) is 0.885. The van der Waals surface area contributed by atoms with Gasteiger partial charge >= 0.3 is 15.2 Å². The molecule has 0 saturated carbocycles. The molecule has 19 heteroatoms. The lowest BCUT2D eigenvalue weighted by molar-refractivity contribution is -0.00833. The third-order valence-corrected chi connectivity index (χ3v) is 9.23. The molecule has 1 heterocycles. The highest BCUT2D eigenvalue weighted by Gasteiger charge is 2.39. The molecule has 0 aliphatic carbocycles. The van der Waals surface area contributed by atoms with E-state index in [9.17, 15) is 9.13 Å². The molecule has 12 nitrogen and oxygen atoms in total. The van der Waals surface area contributed by atoms with Crippen molar-refractivity contribution in [3.8, 4) is 0 Å². The van der Waals surface area contributed by atoms with Crippen LogP contribution in [-0.4, -0.2) is 100 Å². The minimum absolute atomic E-state index is 0.0390. The smallest absolute Gasteiger partial charge is 0.374 e. The van der Waals surface area contributed by atoms with Gasteiger partial charge in [-0.25, -0.2) is 0 Å². The molecule has 4 unspecified atom stereocenters. The van der Waals surface area contributed by atoms with Crippen LogP contribution in [0.1, 0.15) is 62.3 Å². The lowest BCUT2D eigenvalue weighted by atomic mass is 10.2. The second kappa shape index (κ2) is 19.1. The van der Waals surface area contributed by atoms with Gasteiger partial charge < -0.3 is 32.3 Å². The van der Waals surface area contributed by atoms with E-state index >= 15 is 0 Å². The molecule has 0 radical (unpaired) electrons. The number of aromatic nitrogens is 3. The van der Waals surface area contributed by atoms with Gasteiger partial charge in [-0.2, -0.15) is 15.0 Å². The SMILES string of the molecule is CC(C)(C)OCC(Cl)COP(=O)(OCCCl)c1nc(Cl)nc(P(=O)(OCC(Cl)COC(C)(C)C)OCC(Cl)COC(C)(C)C)n1. The van der Waals surface area contributed by atoms with E-state index in [4.69, 9.17) is 90.3 Å². The van der Waals surface area contributed by atoms with E-state index in [0.29, 0.717) is 0 Å². The van der Waals surface area contributed by atoms with E-state index in [1.165, 1.54) is 0 Å². The Kier molecular flexibility index (Phi) is 18.6. The normalized spacial score (nSPS) is 17.8. The fourth-order valence-corrected chi connectivity index (χ4v) is 6.86. The van der Waals surface area contributed by atoms with Crippen molar-refractivity contribution in [2.24, 2.45) is 0 Å². The monoisotopic (exact) mass is 781 g/mol. The summed E-state index contributed by atoms with van der Waals surface area (Å²) >= 11 is 31.1. The molecule has 1 rings (SSSR count). The van der Waals surface area contributed by atoms with Crippen LogP contribution in [0.3, 0.4) is 0 Å². The zero-order valence-electron chi connectivity index (χ0n) is 27.2.